The van der Waals surface area contributed by atoms with Crippen LogP contribution in [-0.2, 0) is 11.2 Å². The van der Waals surface area contributed by atoms with Gasteiger partial charge in [-0.05, 0) is 31.0 Å². The van der Waals surface area contributed by atoms with Crippen molar-refractivity contribution < 1.29 is 9.18 Å². The number of hydrogen-bond donors (Lipinski definition) is 2. The van der Waals surface area contributed by atoms with Gasteiger partial charge in [-0.3, -0.25) is 4.79 Å². The molecule has 80 valence electrons. The summed E-state index contributed by atoms with van der Waals surface area (Å²) in [6, 6.07) is 2.77. The van der Waals surface area contributed by atoms with Crippen molar-refractivity contribution in [1.82, 2.24) is 0 Å². The maximum absolute atomic E-state index is 13.5. The molecule has 0 aliphatic carbocycles. The van der Waals surface area contributed by atoms with Gasteiger partial charge in [0.1, 0.15) is 5.82 Å². The van der Waals surface area contributed by atoms with E-state index in [1.807, 2.05) is 0 Å². The molecular formula is C11H13FN2O. The Morgan fingerprint density at radius 3 is 2.87 bits per heavy atom. The van der Waals surface area contributed by atoms with Crippen molar-refractivity contribution in [3.8, 4) is 0 Å². The van der Waals surface area contributed by atoms with Crippen LogP contribution in [0.1, 0.15) is 30.5 Å². The summed E-state index contributed by atoms with van der Waals surface area (Å²) in [5.74, 6) is -0.415. The molecule has 3 N–H and O–H groups in total. The number of amides is 1. The van der Waals surface area contributed by atoms with Crippen LogP contribution < -0.4 is 11.1 Å². The predicted molar refractivity (Wildman–Crippen MR) is 56.0 cm³/mol. The van der Waals surface area contributed by atoms with Crippen LogP contribution in [-0.4, -0.2) is 5.91 Å². The van der Waals surface area contributed by atoms with Gasteiger partial charge in [-0.2, -0.15) is 0 Å². The number of benzene rings is 1. The topological polar surface area (TPSA) is 55.1 Å². The highest BCUT2D eigenvalue weighted by molar-refractivity contribution is 5.93. The molecule has 1 heterocycles. The molecule has 0 saturated carbocycles. The third-order valence-corrected chi connectivity index (χ3v) is 2.61. The lowest BCUT2D eigenvalue weighted by Crippen LogP contribution is -2.20. The summed E-state index contributed by atoms with van der Waals surface area (Å²) in [5.41, 5.74) is 7.69. The van der Waals surface area contributed by atoms with Gasteiger partial charge in [0.15, 0.2) is 0 Å². The molecule has 2 rings (SSSR count). The van der Waals surface area contributed by atoms with Crippen molar-refractivity contribution in [1.29, 1.82) is 0 Å². The van der Waals surface area contributed by atoms with E-state index in [-0.39, 0.29) is 17.8 Å². The van der Waals surface area contributed by atoms with Crippen molar-refractivity contribution in [2.45, 2.75) is 25.8 Å². The molecule has 1 aromatic carbocycles. The smallest absolute Gasteiger partial charge is 0.224 e. The molecular weight excluding hydrogens is 195 g/mol. The molecule has 0 fully saturated rings. The highest BCUT2D eigenvalue weighted by atomic mass is 19.1. The molecule has 0 spiro atoms. The normalized spacial score (nSPS) is 16.9. The van der Waals surface area contributed by atoms with Crippen LogP contribution in [0.4, 0.5) is 10.1 Å². The molecule has 1 aliphatic rings. The molecule has 1 aliphatic heterocycles. The Bertz CT molecular complexity index is 415. The van der Waals surface area contributed by atoms with E-state index in [2.05, 4.69) is 5.32 Å². The zero-order valence-corrected chi connectivity index (χ0v) is 8.51. The summed E-state index contributed by atoms with van der Waals surface area (Å²) >= 11 is 0. The Morgan fingerprint density at radius 2 is 2.20 bits per heavy atom. The fraction of sp³-hybridized carbons (Fsp3) is 0.364. The molecule has 0 radical (unpaired) electrons. The Kier molecular flexibility index (Phi) is 2.44. The monoisotopic (exact) mass is 208 g/mol. The van der Waals surface area contributed by atoms with E-state index < -0.39 is 0 Å². The third-order valence-electron chi connectivity index (χ3n) is 2.61. The quantitative estimate of drug-likeness (QED) is 0.738. The van der Waals surface area contributed by atoms with Crippen LogP contribution in [0.15, 0.2) is 12.1 Å². The summed E-state index contributed by atoms with van der Waals surface area (Å²) in [4.78, 5) is 11.1. The summed E-state index contributed by atoms with van der Waals surface area (Å²) in [6.45, 7) is 1.74. The second kappa shape index (κ2) is 3.62. The molecule has 0 bridgehead atoms. The fourth-order valence-electron chi connectivity index (χ4n) is 1.77. The summed E-state index contributed by atoms with van der Waals surface area (Å²) in [6.07, 6.45) is 1.11. The lowest BCUT2D eigenvalue weighted by atomic mass is 9.97. The van der Waals surface area contributed by atoms with E-state index in [9.17, 15) is 9.18 Å². The van der Waals surface area contributed by atoms with Gasteiger partial charge in [0.2, 0.25) is 5.91 Å². The van der Waals surface area contributed by atoms with Crippen LogP contribution in [0, 0.1) is 5.82 Å². The Labute approximate surface area is 87.5 Å². The summed E-state index contributed by atoms with van der Waals surface area (Å²) < 4.78 is 13.5. The first-order chi connectivity index (χ1) is 7.08. The van der Waals surface area contributed by atoms with Gasteiger partial charge in [0.05, 0.1) is 0 Å². The Balaban J connectivity index is 2.46. The molecule has 1 aromatic rings. The lowest BCUT2D eigenvalue weighted by Gasteiger charge is -2.19. The number of aryl methyl sites for hydroxylation is 1. The number of halogens is 1. The van der Waals surface area contributed by atoms with Gasteiger partial charge in [0, 0.05) is 23.7 Å². The number of rotatable bonds is 1. The number of anilines is 1. The zero-order chi connectivity index (χ0) is 11.0. The second-order valence-electron chi connectivity index (χ2n) is 3.87. The van der Waals surface area contributed by atoms with Gasteiger partial charge >= 0.3 is 0 Å². The Morgan fingerprint density at radius 1 is 1.47 bits per heavy atom. The lowest BCUT2D eigenvalue weighted by molar-refractivity contribution is -0.116. The van der Waals surface area contributed by atoms with Crippen molar-refractivity contribution in [3.63, 3.8) is 0 Å². The number of fused-ring (bicyclic) bond motifs is 1. The first-order valence-corrected chi connectivity index (χ1v) is 4.95. The standard InChI is InChI=1S/C11H13FN2O/c1-6(13)8-4-7-2-3-11(15)14-10(7)5-9(8)12/h4-6H,2-3,13H2,1H3,(H,14,15)/t6-/m0/s1. The minimum Gasteiger partial charge on any atom is -0.326 e. The maximum Gasteiger partial charge on any atom is 0.224 e. The van der Waals surface area contributed by atoms with Crippen molar-refractivity contribution >= 4 is 11.6 Å². The van der Waals surface area contributed by atoms with Gasteiger partial charge in [-0.1, -0.05) is 0 Å². The van der Waals surface area contributed by atoms with E-state index in [1.165, 1.54) is 6.07 Å². The SMILES string of the molecule is C[C@H](N)c1cc2c(cc1F)NC(=O)CC2. The van der Waals surface area contributed by atoms with Gasteiger partial charge in [0.25, 0.3) is 0 Å². The van der Waals surface area contributed by atoms with Crippen LogP contribution >= 0.6 is 0 Å². The molecule has 1 atom stereocenters. The number of nitrogens with two attached hydrogens (primary N) is 1. The second-order valence-corrected chi connectivity index (χ2v) is 3.87. The highest BCUT2D eigenvalue weighted by Crippen LogP contribution is 2.27. The Hall–Kier alpha value is -1.42. The zero-order valence-electron chi connectivity index (χ0n) is 8.51. The molecule has 1 amide bonds. The molecule has 0 unspecified atom stereocenters. The van der Waals surface area contributed by atoms with Crippen LogP contribution in [0.2, 0.25) is 0 Å². The highest BCUT2D eigenvalue weighted by Gasteiger charge is 2.18. The predicted octanol–water partition coefficient (Wildman–Crippen LogP) is 1.73. The minimum atomic E-state index is -0.356. The van der Waals surface area contributed by atoms with E-state index in [1.54, 1.807) is 13.0 Å². The average Bonchev–Trinajstić information content (AvgIpc) is 2.15. The number of carbonyl (C=O) groups is 1. The largest absolute Gasteiger partial charge is 0.326 e. The van der Waals surface area contributed by atoms with Gasteiger partial charge in [-0.25, -0.2) is 4.39 Å². The maximum atomic E-state index is 13.5. The summed E-state index contributed by atoms with van der Waals surface area (Å²) in [7, 11) is 0. The van der Waals surface area contributed by atoms with Crippen molar-refractivity contribution in [2.24, 2.45) is 5.73 Å². The fourth-order valence-corrected chi connectivity index (χ4v) is 1.77. The van der Waals surface area contributed by atoms with E-state index in [4.69, 9.17) is 5.73 Å². The minimum absolute atomic E-state index is 0.0598. The summed E-state index contributed by atoms with van der Waals surface area (Å²) in [5, 5.41) is 2.65. The van der Waals surface area contributed by atoms with E-state index in [0.29, 0.717) is 24.1 Å². The number of carbonyl (C=O) groups excluding carboxylic acids is 1. The first-order valence-electron chi connectivity index (χ1n) is 4.95. The third kappa shape index (κ3) is 1.85. The van der Waals surface area contributed by atoms with Crippen molar-refractivity contribution in [2.75, 3.05) is 5.32 Å². The van der Waals surface area contributed by atoms with Crippen LogP contribution in [0.25, 0.3) is 0 Å². The van der Waals surface area contributed by atoms with Crippen LogP contribution in [0.5, 0.6) is 0 Å². The molecule has 4 heteroatoms. The number of nitrogens with one attached hydrogen (secondary N) is 1. The van der Waals surface area contributed by atoms with Gasteiger partial charge in [-0.15, -0.1) is 0 Å². The first kappa shape index (κ1) is 10.1. The number of hydrogen-bond acceptors (Lipinski definition) is 2. The van der Waals surface area contributed by atoms with Crippen LogP contribution in [0.3, 0.4) is 0 Å². The molecule has 0 saturated heterocycles. The van der Waals surface area contributed by atoms with Gasteiger partial charge < -0.3 is 11.1 Å². The van der Waals surface area contributed by atoms with E-state index in [0.717, 1.165) is 5.56 Å². The molecule has 0 aromatic heterocycles. The molecule has 3 nitrogen and oxygen atoms in total. The van der Waals surface area contributed by atoms with Crippen molar-refractivity contribution in [3.05, 3.63) is 29.1 Å². The molecule has 15 heavy (non-hydrogen) atoms. The average molecular weight is 208 g/mol. The van der Waals surface area contributed by atoms with E-state index >= 15 is 0 Å².